The third kappa shape index (κ3) is 2.46. The lowest BCUT2D eigenvalue weighted by atomic mass is 10.1. The molecule has 1 N–H and O–H groups in total. The number of ether oxygens (including phenoxy) is 1. The summed E-state index contributed by atoms with van der Waals surface area (Å²) in [6.45, 7) is 0.363. The highest BCUT2D eigenvalue weighted by Crippen LogP contribution is 2.12. The molecule has 2 atom stereocenters. The van der Waals surface area contributed by atoms with Crippen LogP contribution in [-0.4, -0.2) is 31.8 Å². The zero-order valence-corrected chi connectivity index (χ0v) is 6.47. The molecule has 0 amide bonds. The van der Waals surface area contributed by atoms with Crippen LogP contribution in [0.15, 0.2) is 0 Å². The second-order valence-electron chi connectivity index (χ2n) is 2.72. The highest BCUT2D eigenvalue weighted by atomic mass is 19.1. The molecule has 1 fully saturated rings. The number of halogens is 1. The van der Waals surface area contributed by atoms with E-state index in [1.165, 1.54) is 7.11 Å². The van der Waals surface area contributed by atoms with Crippen LogP contribution in [0.3, 0.4) is 0 Å². The minimum absolute atomic E-state index is 0.0301. The average molecular weight is 161 g/mol. The molecule has 0 aliphatic carbocycles. The summed E-state index contributed by atoms with van der Waals surface area (Å²) >= 11 is 0. The van der Waals surface area contributed by atoms with Crippen molar-refractivity contribution in [2.24, 2.45) is 0 Å². The van der Waals surface area contributed by atoms with Crippen molar-refractivity contribution < 1.29 is 13.9 Å². The van der Waals surface area contributed by atoms with Crippen molar-refractivity contribution in [1.82, 2.24) is 5.32 Å². The summed E-state index contributed by atoms with van der Waals surface area (Å²) in [4.78, 5) is 10.7. The van der Waals surface area contributed by atoms with Crippen LogP contribution in [0.4, 0.5) is 4.39 Å². The lowest BCUT2D eigenvalue weighted by molar-refractivity contribution is -0.141. The van der Waals surface area contributed by atoms with Crippen LogP contribution in [0, 0.1) is 0 Å². The topological polar surface area (TPSA) is 38.3 Å². The zero-order chi connectivity index (χ0) is 8.27. The zero-order valence-electron chi connectivity index (χ0n) is 6.47. The smallest absolute Gasteiger partial charge is 0.307 e. The van der Waals surface area contributed by atoms with Crippen molar-refractivity contribution in [3.63, 3.8) is 0 Å². The second kappa shape index (κ2) is 3.67. The Kier molecular flexibility index (Phi) is 2.82. The van der Waals surface area contributed by atoms with Crippen LogP contribution in [0.1, 0.15) is 12.8 Å². The van der Waals surface area contributed by atoms with E-state index in [1.54, 1.807) is 0 Å². The van der Waals surface area contributed by atoms with Crippen LogP contribution in [0.2, 0.25) is 0 Å². The molecule has 0 radical (unpaired) electrons. The number of alkyl halides is 1. The number of rotatable bonds is 2. The third-order valence-corrected chi connectivity index (χ3v) is 1.81. The Balaban J connectivity index is 2.23. The van der Waals surface area contributed by atoms with E-state index < -0.39 is 6.17 Å². The first kappa shape index (κ1) is 8.46. The fourth-order valence-corrected chi connectivity index (χ4v) is 1.21. The van der Waals surface area contributed by atoms with Gasteiger partial charge in [-0.25, -0.2) is 4.39 Å². The minimum atomic E-state index is -0.801. The Morgan fingerprint density at radius 1 is 1.82 bits per heavy atom. The van der Waals surface area contributed by atoms with Gasteiger partial charge in [-0.15, -0.1) is 0 Å². The van der Waals surface area contributed by atoms with E-state index in [0.29, 0.717) is 13.0 Å². The quantitative estimate of drug-likeness (QED) is 0.590. The number of methoxy groups -OCH3 is 1. The fraction of sp³-hybridized carbons (Fsp3) is 0.857. The van der Waals surface area contributed by atoms with Gasteiger partial charge >= 0.3 is 5.97 Å². The van der Waals surface area contributed by atoms with Crippen molar-refractivity contribution in [2.75, 3.05) is 13.7 Å². The standard InChI is InChI=1S/C7H12FNO2/c1-11-7(10)3-6-2-5(8)4-9-6/h5-6,9H,2-4H2,1H3/t5-,6+/m0/s1. The molecule has 4 heteroatoms. The van der Waals surface area contributed by atoms with E-state index in [1.807, 2.05) is 0 Å². The van der Waals surface area contributed by atoms with E-state index in [4.69, 9.17) is 0 Å². The van der Waals surface area contributed by atoms with Crippen LogP contribution in [0.5, 0.6) is 0 Å². The summed E-state index contributed by atoms with van der Waals surface area (Å²) in [5.41, 5.74) is 0. The van der Waals surface area contributed by atoms with Crippen molar-refractivity contribution in [2.45, 2.75) is 25.1 Å². The number of hydrogen-bond acceptors (Lipinski definition) is 3. The van der Waals surface area contributed by atoms with Gasteiger partial charge in [0.05, 0.1) is 13.5 Å². The number of carbonyl (C=O) groups is 1. The summed E-state index contributed by atoms with van der Waals surface area (Å²) in [6, 6.07) is -0.0301. The van der Waals surface area contributed by atoms with Crippen molar-refractivity contribution >= 4 is 5.97 Å². The summed E-state index contributed by atoms with van der Waals surface area (Å²) in [7, 11) is 1.34. The van der Waals surface area contributed by atoms with Gasteiger partial charge in [-0.05, 0) is 6.42 Å². The Bertz CT molecular complexity index is 151. The van der Waals surface area contributed by atoms with E-state index in [-0.39, 0.29) is 18.4 Å². The molecule has 1 aliphatic rings. The molecule has 0 unspecified atom stereocenters. The van der Waals surface area contributed by atoms with Gasteiger partial charge in [0.15, 0.2) is 0 Å². The van der Waals surface area contributed by atoms with E-state index >= 15 is 0 Å². The first-order valence-electron chi connectivity index (χ1n) is 3.66. The SMILES string of the molecule is COC(=O)C[C@H]1C[C@H](F)CN1. The normalized spacial score (nSPS) is 30.4. The maximum absolute atomic E-state index is 12.5. The van der Waals surface area contributed by atoms with Crippen LogP contribution in [-0.2, 0) is 9.53 Å². The van der Waals surface area contributed by atoms with Crippen LogP contribution < -0.4 is 5.32 Å². The Hall–Kier alpha value is -0.640. The predicted octanol–water partition coefficient (Wildman–Crippen LogP) is 0.250. The minimum Gasteiger partial charge on any atom is -0.469 e. The summed E-state index contributed by atoms with van der Waals surface area (Å²) in [6.07, 6.45) is -0.101. The third-order valence-electron chi connectivity index (χ3n) is 1.81. The average Bonchev–Trinajstić information content (AvgIpc) is 2.35. The van der Waals surface area contributed by atoms with Crippen molar-refractivity contribution in [3.8, 4) is 0 Å². The molecule has 11 heavy (non-hydrogen) atoms. The summed E-state index contributed by atoms with van der Waals surface area (Å²) in [5, 5.41) is 2.90. The molecular weight excluding hydrogens is 149 g/mol. The van der Waals surface area contributed by atoms with Gasteiger partial charge in [0, 0.05) is 12.6 Å². The molecular formula is C7H12FNO2. The van der Waals surface area contributed by atoms with E-state index in [2.05, 4.69) is 10.1 Å². The van der Waals surface area contributed by atoms with Gasteiger partial charge in [-0.1, -0.05) is 0 Å². The monoisotopic (exact) mass is 161 g/mol. The Morgan fingerprint density at radius 2 is 2.55 bits per heavy atom. The first-order valence-corrected chi connectivity index (χ1v) is 3.66. The van der Waals surface area contributed by atoms with E-state index in [9.17, 15) is 9.18 Å². The highest BCUT2D eigenvalue weighted by molar-refractivity contribution is 5.69. The van der Waals surface area contributed by atoms with Gasteiger partial charge in [0.25, 0.3) is 0 Å². The van der Waals surface area contributed by atoms with Gasteiger partial charge in [-0.3, -0.25) is 4.79 Å². The molecule has 64 valence electrons. The lowest BCUT2D eigenvalue weighted by Crippen LogP contribution is -2.24. The molecule has 1 rings (SSSR count). The largest absolute Gasteiger partial charge is 0.469 e. The molecule has 3 nitrogen and oxygen atoms in total. The second-order valence-corrected chi connectivity index (χ2v) is 2.72. The highest BCUT2D eigenvalue weighted by Gasteiger charge is 2.25. The Morgan fingerprint density at radius 3 is 3.00 bits per heavy atom. The van der Waals surface area contributed by atoms with Gasteiger partial charge in [0.2, 0.25) is 0 Å². The molecule has 0 bridgehead atoms. The molecule has 0 spiro atoms. The Labute approximate surface area is 64.9 Å². The maximum atomic E-state index is 12.5. The molecule has 1 aliphatic heterocycles. The summed E-state index contributed by atoms with van der Waals surface area (Å²) < 4.78 is 17.0. The molecule has 0 aromatic heterocycles. The van der Waals surface area contributed by atoms with Crippen LogP contribution in [0.25, 0.3) is 0 Å². The number of carbonyl (C=O) groups excluding carboxylic acids is 1. The van der Waals surface area contributed by atoms with Gasteiger partial charge < -0.3 is 10.1 Å². The molecule has 0 saturated carbocycles. The van der Waals surface area contributed by atoms with Gasteiger partial charge in [-0.2, -0.15) is 0 Å². The molecule has 0 aromatic rings. The fourth-order valence-electron chi connectivity index (χ4n) is 1.21. The molecule has 0 aromatic carbocycles. The van der Waals surface area contributed by atoms with Crippen LogP contribution >= 0.6 is 0 Å². The number of nitrogens with one attached hydrogen (secondary N) is 1. The maximum Gasteiger partial charge on any atom is 0.307 e. The van der Waals surface area contributed by atoms with E-state index in [0.717, 1.165) is 0 Å². The lowest BCUT2D eigenvalue weighted by Gasteiger charge is -2.06. The number of esters is 1. The molecule has 1 saturated heterocycles. The molecule has 1 heterocycles. The number of hydrogen-bond donors (Lipinski definition) is 1. The van der Waals surface area contributed by atoms with Crippen molar-refractivity contribution in [1.29, 1.82) is 0 Å². The predicted molar refractivity (Wildman–Crippen MR) is 37.9 cm³/mol. The first-order chi connectivity index (χ1) is 5.22. The summed E-state index contributed by atoms with van der Waals surface area (Å²) in [5.74, 6) is -0.281. The van der Waals surface area contributed by atoms with Gasteiger partial charge in [0.1, 0.15) is 6.17 Å². The van der Waals surface area contributed by atoms with Crippen molar-refractivity contribution in [3.05, 3.63) is 0 Å².